The normalized spacial score (nSPS) is 24.4. The molecule has 0 bridgehead atoms. The first-order chi connectivity index (χ1) is 23.1. The second kappa shape index (κ2) is 13.2. The predicted octanol–water partition coefficient (Wildman–Crippen LogP) is 5.34. The zero-order chi connectivity index (χ0) is 35.2. The fraction of sp³-hybridized carbons (Fsp3) is 0.390. The first-order valence-corrected chi connectivity index (χ1v) is 21.1. The van der Waals surface area contributed by atoms with Gasteiger partial charge in [-0.25, -0.2) is 0 Å². The van der Waals surface area contributed by atoms with Gasteiger partial charge in [0.2, 0.25) is 0 Å². The van der Waals surface area contributed by atoms with Crippen molar-refractivity contribution in [3.63, 3.8) is 0 Å². The molecule has 1 aliphatic carbocycles. The molecular formula is C41H50O6Si2. The molecule has 1 aliphatic heterocycles. The summed E-state index contributed by atoms with van der Waals surface area (Å²) < 4.78 is 28.1. The zero-order valence-electron chi connectivity index (χ0n) is 29.9. The third kappa shape index (κ3) is 6.22. The maximum absolute atomic E-state index is 14.8. The molecule has 0 amide bonds. The van der Waals surface area contributed by atoms with E-state index in [0.717, 1.165) is 20.7 Å². The number of carbonyl (C=O) groups is 1. The molecule has 1 heterocycles. The van der Waals surface area contributed by atoms with E-state index in [0.29, 0.717) is 0 Å². The molecule has 0 aromatic heterocycles. The number of fused-ring (bicyclic) bond motifs is 1. The third-order valence-electron chi connectivity index (χ3n) is 10.1. The van der Waals surface area contributed by atoms with Crippen molar-refractivity contribution in [3.8, 4) is 0 Å². The Balaban J connectivity index is 1.50. The fourth-order valence-corrected chi connectivity index (χ4v) is 17.3. The molecule has 0 radical (unpaired) electrons. The highest BCUT2D eigenvalue weighted by Gasteiger charge is 2.64. The molecule has 49 heavy (non-hydrogen) atoms. The number of aliphatic hydroxyl groups is 1. The van der Waals surface area contributed by atoms with Crippen LogP contribution in [0.25, 0.3) is 0 Å². The van der Waals surface area contributed by atoms with Crippen molar-refractivity contribution in [2.24, 2.45) is 0 Å². The number of benzene rings is 4. The second-order valence-corrected chi connectivity index (χ2v) is 24.4. The molecule has 1 N–H and O–H groups in total. The summed E-state index contributed by atoms with van der Waals surface area (Å²) in [5.74, 6) is -1.49. The summed E-state index contributed by atoms with van der Waals surface area (Å²) in [5.41, 5.74) is 0. The van der Waals surface area contributed by atoms with E-state index in [-0.39, 0.29) is 5.04 Å². The molecular weight excluding hydrogens is 645 g/mol. The summed E-state index contributed by atoms with van der Waals surface area (Å²) in [4.78, 5) is 14.8. The Kier molecular flexibility index (Phi) is 9.56. The van der Waals surface area contributed by atoms with Crippen LogP contribution in [0.4, 0.5) is 0 Å². The molecule has 8 heteroatoms. The number of carbonyl (C=O) groups excluding carboxylic acids is 1. The quantitative estimate of drug-likeness (QED) is 0.251. The largest absolute Gasteiger partial charge is 0.399 e. The van der Waals surface area contributed by atoms with Gasteiger partial charge in [0, 0.05) is 0 Å². The highest BCUT2D eigenvalue weighted by molar-refractivity contribution is 7.00. The van der Waals surface area contributed by atoms with Crippen molar-refractivity contribution in [3.05, 3.63) is 121 Å². The molecule has 0 spiro atoms. The molecule has 5 atom stereocenters. The Morgan fingerprint density at radius 3 is 1.24 bits per heavy atom. The van der Waals surface area contributed by atoms with Crippen LogP contribution in [0.5, 0.6) is 0 Å². The van der Waals surface area contributed by atoms with Crippen LogP contribution in [0.3, 0.4) is 0 Å². The predicted molar refractivity (Wildman–Crippen MR) is 200 cm³/mol. The number of hydrogen-bond donors (Lipinski definition) is 1. The smallest absolute Gasteiger partial charge is 0.262 e. The lowest BCUT2D eigenvalue weighted by Crippen LogP contribution is -2.74. The minimum atomic E-state index is -3.22. The maximum Gasteiger partial charge on any atom is 0.262 e. The average Bonchev–Trinajstić information content (AvgIpc) is 3.40. The lowest BCUT2D eigenvalue weighted by atomic mass is 9.86. The summed E-state index contributed by atoms with van der Waals surface area (Å²) >= 11 is 0. The Morgan fingerprint density at radius 2 is 0.898 bits per heavy atom. The first kappa shape index (κ1) is 35.6. The van der Waals surface area contributed by atoms with Crippen molar-refractivity contribution in [1.29, 1.82) is 0 Å². The molecule has 0 unspecified atom stereocenters. The number of rotatable bonds is 8. The van der Waals surface area contributed by atoms with Crippen LogP contribution in [0.1, 0.15) is 55.4 Å². The van der Waals surface area contributed by atoms with Crippen molar-refractivity contribution in [1.82, 2.24) is 0 Å². The van der Waals surface area contributed by atoms with E-state index >= 15 is 0 Å². The molecule has 4 aromatic carbocycles. The molecule has 2 aliphatic rings. The first-order valence-electron chi connectivity index (χ1n) is 17.3. The van der Waals surface area contributed by atoms with Crippen LogP contribution < -0.4 is 20.7 Å². The molecule has 4 aromatic rings. The number of hydrogen-bond acceptors (Lipinski definition) is 6. The molecule has 258 valence electrons. The van der Waals surface area contributed by atoms with E-state index in [1.807, 2.05) is 86.6 Å². The van der Waals surface area contributed by atoms with Gasteiger partial charge in [0.25, 0.3) is 16.6 Å². The van der Waals surface area contributed by atoms with Crippen molar-refractivity contribution < 1.29 is 28.2 Å². The van der Waals surface area contributed by atoms with Crippen LogP contribution in [0, 0.1) is 0 Å². The van der Waals surface area contributed by atoms with E-state index in [1.54, 1.807) is 0 Å². The molecule has 1 saturated carbocycles. The van der Waals surface area contributed by atoms with E-state index in [4.69, 9.17) is 18.3 Å². The maximum atomic E-state index is 14.8. The summed E-state index contributed by atoms with van der Waals surface area (Å²) in [6.45, 7) is 16.8. The minimum absolute atomic E-state index is 0.384. The second-order valence-electron chi connectivity index (χ2n) is 15.9. The van der Waals surface area contributed by atoms with E-state index in [9.17, 15) is 9.90 Å². The Bertz CT molecular complexity index is 1640. The summed E-state index contributed by atoms with van der Waals surface area (Å²) in [5, 5.41) is 15.6. The Hall–Kier alpha value is -3.22. The van der Waals surface area contributed by atoms with Gasteiger partial charge in [-0.3, -0.25) is 4.79 Å². The van der Waals surface area contributed by atoms with Gasteiger partial charge in [-0.05, 0) is 44.7 Å². The van der Waals surface area contributed by atoms with Gasteiger partial charge in [-0.1, -0.05) is 163 Å². The Labute approximate surface area is 293 Å². The van der Waals surface area contributed by atoms with Crippen molar-refractivity contribution in [2.75, 3.05) is 0 Å². The fourth-order valence-electron chi connectivity index (χ4n) is 8.01. The molecule has 6 nitrogen and oxygen atoms in total. The van der Waals surface area contributed by atoms with Gasteiger partial charge in [0.15, 0.2) is 11.6 Å². The average molecular weight is 695 g/mol. The van der Waals surface area contributed by atoms with Crippen LogP contribution in [-0.4, -0.2) is 63.8 Å². The lowest BCUT2D eigenvalue weighted by Gasteiger charge is -2.50. The number of ether oxygens (including phenoxy) is 2. The van der Waals surface area contributed by atoms with Crippen LogP contribution in [-0.2, 0) is 23.1 Å². The summed E-state index contributed by atoms with van der Waals surface area (Å²) in [6, 6.07) is 40.9. The van der Waals surface area contributed by atoms with Gasteiger partial charge in [-0.2, -0.15) is 0 Å². The molecule has 2 fully saturated rings. The SMILES string of the molecule is CC1(C)O[C@@H]2[C@H](O[Si](c3ccccc3)(c3ccccc3)C(C)(C)C)[C@H](O)C(=O)[C@@H](O[Si](c3ccccc3)(c3ccccc3)C(C)(C)C)[C@H]2O1. The zero-order valence-corrected chi connectivity index (χ0v) is 31.9. The van der Waals surface area contributed by atoms with E-state index in [2.05, 4.69) is 90.1 Å². The summed E-state index contributed by atoms with van der Waals surface area (Å²) in [6.07, 6.45) is -5.18. The van der Waals surface area contributed by atoms with Crippen molar-refractivity contribution in [2.45, 2.75) is 102 Å². The van der Waals surface area contributed by atoms with Crippen LogP contribution in [0.15, 0.2) is 121 Å². The Morgan fingerprint density at radius 1 is 0.571 bits per heavy atom. The highest BCUT2D eigenvalue weighted by atomic mass is 28.4. The molecule has 6 rings (SSSR count). The van der Waals surface area contributed by atoms with Crippen LogP contribution in [0.2, 0.25) is 10.1 Å². The number of Topliss-reactive ketones (excluding diaryl/α,β-unsaturated/α-hetero) is 1. The summed E-state index contributed by atoms with van der Waals surface area (Å²) in [7, 11) is -6.42. The monoisotopic (exact) mass is 694 g/mol. The topological polar surface area (TPSA) is 74.2 Å². The third-order valence-corrected chi connectivity index (χ3v) is 20.2. The molecule has 1 saturated heterocycles. The van der Waals surface area contributed by atoms with Gasteiger partial charge in [0.05, 0.1) is 0 Å². The van der Waals surface area contributed by atoms with Gasteiger partial charge in [-0.15, -0.1) is 0 Å². The van der Waals surface area contributed by atoms with E-state index < -0.39 is 63.8 Å². The van der Waals surface area contributed by atoms with Crippen LogP contribution >= 0.6 is 0 Å². The van der Waals surface area contributed by atoms with Gasteiger partial charge < -0.3 is 23.4 Å². The number of aliphatic hydroxyl groups excluding tert-OH is 1. The van der Waals surface area contributed by atoms with Gasteiger partial charge >= 0.3 is 0 Å². The highest BCUT2D eigenvalue weighted by Crippen LogP contribution is 2.46. The van der Waals surface area contributed by atoms with Gasteiger partial charge in [0.1, 0.15) is 30.5 Å². The van der Waals surface area contributed by atoms with E-state index in [1.165, 1.54) is 0 Å². The standard InChI is InChI=1S/C41H50O6Si2/c1-39(2,3)48(29-21-13-9-14-22-29,30-23-15-10-16-24-30)46-35-33(42)34(43)36(38-37(35)44-41(7,8)45-38)47-49(40(4,5)6,31-25-17-11-18-26-31)32-27-19-12-20-28-32/h9-28,33,35-38,42H,1-8H3/t33-,35-,36-,37-,38-/m1/s1. The number of ketones is 1. The minimum Gasteiger partial charge on any atom is -0.399 e. The van der Waals surface area contributed by atoms with Crippen molar-refractivity contribution >= 4 is 43.2 Å². The lowest BCUT2D eigenvalue weighted by molar-refractivity contribution is -0.163.